The van der Waals surface area contributed by atoms with Gasteiger partial charge in [-0.05, 0) is 38.0 Å². The first-order chi connectivity index (χ1) is 8.63. The summed E-state index contributed by atoms with van der Waals surface area (Å²) in [6.45, 7) is 2.11. The van der Waals surface area contributed by atoms with E-state index in [1.165, 1.54) is 32.1 Å². The number of amides is 1. The molecule has 2 nitrogen and oxygen atoms in total. The molecule has 0 saturated heterocycles. The van der Waals surface area contributed by atoms with Crippen LogP contribution in [0.2, 0.25) is 0 Å². The van der Waals surface area contributed by atoms with Gasteiger partial charge in [-0.3, -0.25) is 4.79 Å². The number of fused-ring (bicyclic) bond motifs is 1. The molecule has 4 unspecified atom stereocenters. The van der Waals surface area contributed by atoms with Crippen LogP contribution in [0.1, 0.15) is 51.9 Å². The Bertz CT molecular complexity index is 294. The van der Waals surface area contributed by atoms with Crippen molar-refractivity contribution in [2.24, 2.45) is 17.8 Å². The third kappa shape index (κ3) is 3.09. The van der Waals surface area contributed by atoms with E-state index in [9.17, 15) is 4.79 Å². The molecule has 0 bridgehead atoms. The number of carbonyl (C=O) groups excluding carboxylic acids is 1. The second kappa shape index (κ2) is 6.40. The monoisotopic (exact) mass is 315 g/mol. The molecule has 0 aliphatic heterocycles. The molecule has 0 radical (unpaired) electrons. The smallest absolute Gasteiger partial charge is 0.225 e. The van der Waals surface area contributed by atoms with Crippen molar-refractivity contribution in [3.05, 3.63) is 0 Å². The highest BCUT2D eigenvalue weighted by atomic mass is 79.9. The van der Waals surface area contributed by atoms with Crippen molar-refractivity contribution >= 4 is 21.8 Å². The van der Waals surface area contributed by atoms with Gasteiger partial charge in [-0.1, -0.05) is 41.6 Å². The Hall–Kier alpha value is -0.0500. The Morgan fingerprint density at radius 2 is 1.89 bits per heavy atom. The highest BCUT2D eigenvalue weighted by Gasteiger charge is 2.36. The van der Waals surface area contributed by atoms with E-state index < -0.39 is 0 Å². The third-order valence-corrected chi connectivity index (χ3v) is 6.06. The van der Waals surface area contributed by atoms with E-state index in [2.05, 4.69) is 22.9 Å². The SMILES string of the molecule is CC(CBr)N(C)C(=O)C1CCC2CCCCC2C1. The molecule has 1 amide bonds. The number of halogens is 1. The summed E-state index contributed by atoms with van der Waals surface area (Å²) in [6.07, 6.45) is 9.15. The summed E-state index contributed by atoms with van der Waals surface area (Å²) in [7, 11) is 1.96. The lowest BCUT2D eigenvalue weighted by molar-refractivity contribution is -0.138. The summed E-state index contributed by atoms with van der Waals surface area (Å²) in [5.41, 5.74) is 0. The van der Waals surface area contributed by atoms with Crippen LogP contribution in [0.3, 0.4) is 0 Å². The number of nitrogens with zero attached hydrogens (tertiary/aromatic N) is 1. The molecular weight excluding hydrogens is 290 g/mol. The normalized spacial score (nSPS) is 33.6. The fourth-order valence-electron chi connectivity index (χ4n) is 3.71. The van der Waals surface area contributed by atoms with E-state index in [-0.39, 0.29) is 0 Å². The van der Waals surface area contributed by atoms with Gasteiger partial charge in [0.1, 0.15) is 0 Å². The Morgan fingerprint density at radius 3 is 2.56 bits per heavy atom. The first kappa shape index (κ1) is 14.4. The fraction of sp³-hybridized carbons (Fsp3) is 0.933. The molecule has 0 aromatic rings. The molecule has 0 heterocycles. The van der Waals surface area contributed by atoms with E-state index >= 15 is 0 Å². The molecule has 4 atom stereocenters. The van der Waals surface area contributed by atoms with E-state index in [1.54, 1.807) is 0 Å². The predicted octanol–water partition coefficient (Wildman–Crippen LogP) is 3.83. The maximum Gasteiger partial charge on any atom is 0.225 e. The van der Waals surface area contributed by atoms with Gasteiger partial charge in [0.2, 0.25) is 5.91 Å². The van der Waals surface area contributed by atoms with Crippen LogP contribution in [-0.2, 0) is 4.79 Å². The fourth-order valence-corrected chi connectivity index (χ4v) is 4.14. The summed E-state index contributed by atoms with van der Waals surface area (Å²) in [6, 6.07) is 0.307. The molecule has 104 valence electrons. The number of hydrogen-bond acceptors (Lipinski definition) is 1. The van der Waals surface area contributed by atoms with Gasteiger partial charge in [0.15, 0.2) is 0 Å². The van der Waals surface area contributed by atoms with Crippen LogP contribution in [0, 0.1) is 17.8 Å². The van der Waals surface area contributed by atoms with E-state index in [0.29, 0.717) is 17.9 Å². The quantitative estimate of drug-likeness (QED) is 0.725. The maximum absolute atomic E-state index is 12.5. The molecule has 2 fully saturated rings. The second-order valence-corrected chi connectivity index (χ2v) is 6.91. The van der Waals surface area contributed by atoms with Crippen LogP contribution >= 0.6 is 15.9 Å². The minimum Gasteiger partial charge on any atom is -0.342 e. The molecule has 0 aromatic heterocycles. The molecule has 0 N–H and O–H groups in total. The molecule has 0 aromatic carbocycles. The average molecular weight is 316 g/mol. The van der Waals surface area contributed by atoms with Crippen LogP contribution < -0.4 is 0 Å². The zero-order valence-electron chi connectivity index (χ0n) is 11.7. The largest absolute Gasteiger partial charge is 0.342 e. The van der Waals surface area contributed by atoms with Crippen LogP contribution in [0.15, 0.2) is 0 Å². The first-order valence-corrected chi connectivity index (χ1v) is 8.58. The number of carbonyl (C=O) groups is 1. The number of rotatable bonds is 3. The summed E-state index contributed by atoms with van der Waals surface area (Å²) in [5.74, 6) is 2.46. The number of hydrogen-bond donors (Lipinski definition) is 0. The minimum atomic E-state index is 0.302. The van der Waals surface area contributed by atoms with Gasteiger partial charge < -0.3 is 4.90 Å². The molecule has 2 rings (SSSR count). The summed E-state index contributed by atoms with van der Waals surface area (Å²) in [5, 5.41) is 0.869. The Balaban J connectivity index is 1.92. The van der Waals surface area contributed by atoms with Gasteiger partial charge in [0.05, 0.1) is 0 Å². The highest BCUT2D eigenvalue weighted by Crippen LogP contribution is 2.43. The summed E-state index contributed by atoms with van der Waals surface area (Å²) < 4.78 is 0. The standard InChI is InChI=1S/C15H26BrNO/c1-11(10-16)17(2)15(18)14-8-7-12-5-3-4-6-13(12)9-14/h11-14H,3-10H2,1-2H3. The lowest BCUT2D eigenvalue weighted by Crippen LogP contribution is -2.42. The summed E-state index contributed by atoms with van der Waals surface area (Å²) >= 11 is 3.47. The summed E-state index contributed by atoms with van der Waals surface area (Å²) in [4.78, 5) is 14.4. The van der Waals surface area contributed by atoms with E-state index in [4.69, 9.17) is 0 Å². The van der Waals surface area contributed by atoms with Crippen molar-refractivity contribution in [2.45, 2.75) is 57.9 Å². The van der Waals surface area contributed by atoms with Gasteiger partial charge in [0.25, 0.3) is 0 Å². The Kier molecular flexibility index (Phi) is 5.11. The van der Waals surface area contributed by atoms with E-state index in [1.807, 2.05) is 11.9 Å². The van der Waals surface area contributed by atoms with Crippen LogP contribution in [0.25, 0.3) is 0 Å². The maximum atomic E-state index is 12.5. The highest BCUT2D eigenvalue weighted by molar-refractivity contribution is 9.09. The van der Waals surface area contributed by atoms with Gasteiger partial charge in [-0.2, -0.15) is 0 Å². The molecule has 2 aliphatic rings. The topological polar surface area (TPSA) is 20.3 Å². The first-order valence-electron chi connectivity index (χ1n) is 7.46. The van der Waals surface area contributed by atoms with Crippen molar-refractivity contribution in [3.8, 4) is 0 Å². The molecule has 2 aliphatic carbocycles. The van der Waals surface area contributed by atoms with Crippen LogP contribution in [0.4, 0.5) is 0 Å². The van der Waals surface area contributed by atoms with Crippen LogP contribution in [0.5, 0.6) is 0 Å². The lowest BCUT2D eigenvalue weighted by Gasteiger charge is -2.40. The van der Waals surface area contributed by atoms with Gasteiger partial charge in [-0.25, -0.2) is 0 Å². The van der Waals surface area contributed by atoms with Gasteiger partial charge in [0, 0.05) is 24.3 Å². The Labute approximate surface area is 120 Å². The molecule has 3 heteroatoms. The minimum absolute atomic E-state index is 0.302. The Morgan fingerprint density at radius 1 is 1.22 bits per heavy atom. The molecule has 0 spiro atoms. The second-order valence-electron chi connectivity index (χ2n) is 6.27. The zero-order chi connectivity index (χ0) is 13.1. The molecular formula is C15H26BrNO. The predicted molar refractivity (Wildman–Crippen MR) is 78.8 cm³/mol. The van der Waals surface area contributed by atoms with Gasteiger partial charge in [-0.15, -0.1) is 0 Å². The zero-order valence-corrected chi connectivity index (χ0v) is 13.3. The lowest BCUT2D eigenvalue weighted by atomic mass is 9.67. The molecule has 2 saturated carbocycles. The van der Waals surface area contributed by atoms with Crippen molar-refractivity contribution in [2.75, 3.05) is 12.4 Å². The average Bonchev–Trinajstić information content (AvgIpc) is 2.44. The number of alkyl halides is 1. The van der Waals surface area contributed by atoms with Crippen molar-refractivity contribution in [1.29, 1.82) is 0 Å². The van der Waals surface area contributed by atoms with E-state index in [0.717, 1.165) is 30.0 Å². The van der Waals surface area contributed by atoms with Crippen LogP contribution in [-0.4, -0.2) is 29.2 Å². The van der Waals surface area contributed by atoms with Crippen molar-refractivity contribution in [1.82, 2.24) is 4.90 Å². The molecule has 18 heavy (non-hydrogen) atoms. The van der Waals surface area contributed by atoms with Gasteiger partial charge >= 0.3 is 0 Å². The third-order valence-electron chi connectivity index (χ3n) is 5.12. The van der Waals surface area contributed by atoms with Crippen molar-refractivity contribution < 1.29 is 4.79 Å². The van der Waals surface area contributed by atoms with Crippen molar-refractivity contribution in [3.63, 3.8) is 0 Å².